The van der Waals surface area contributed by atoms with E-state index in [0.717, 1.165) is 37.0 Å². The Bertz CT molecular complexity index is 543. The quantitative estimate of drug-likeness (QED) is 0.781. The second-order valence-corrected chi connectivity index (χ2v) is 4.89. The summed E-state index contributed by atoms with van der Waals surface area (Å²) in [6, 6.07) is 0. The lowest BCUT2D eigenvalue weighted by molar-refractivity contribution is 0.0396. The van der Waals surface area contributed by atoms with E-state index in [1.807, 2.05) is 21.0 Å². The third-order valence-corrected chi connectivity index (χ3v) is 3.62. The number of morpholine rings is 1. The molecule has 90 valence electrons. The molecular formula is C10H11ClN4OS. The minimum Gasteiger partial charge on any atom is -0.378 e. The van der Waals surface area contributed by atoms with Crippen molar-refractivity contribution in [2.75, 3.05) is 26.3 Å². The summed E-state index contributed by atoms with van der Waals surface area (Å²) in [5, 5.41) is 8.85. The molecule has 0 amide bonds. The zero-order valence-electron chi connectivity index (χ0n) is 9.04. The summed E-state index contributed by atoms with van der Waals surface area (Å²) in [4.78, 5) is 5.14. The van der Waals surface area contributed by atoms with E-state index in [4.69, 9.17) is 16.3 Å². The van der Waals surface area contributed by atoms with Crippen molar-refractivity contribution in [2.24, 2.45) is 5.10 Å². The maximum atomic E-state index is 6.07. The predicted molar refractivity (Wildman–Crippen MR) is 68.1 cm³/mol. The minimum absolute atomic E-state index is 0.494. The van der Waals surface area contributed by atoms with Crippen LogP contribution in [0.3, 0.4) is 0 Å². The summed E-state index contributed by atoms with van der Waals surface area (Å²) in [5.74, 6) is 0. The average molecular weight is 271 g/mol. The fourth-order valence-corrected chi connectivity index (χ4v) is 2.69. The first-order valence-corrected chi connectivity index (χ1v) is 6.58. The molecule has 7 heteroatoms. The molecule has 0 atom stereocenters. The van der Waals surface area contributed by atoms with Crippen molar-refractivity contribution >= 4 is 34.1 Å². The molecule has 1 aliphatic heterocycles. The highest BCUT2D eigenvalue weighted by atomic mass is 35.5. The van der Waals surface area contributed by atoms with E-state index in [1.54, 1.807) is 17.6 Å². The summed E-state index contributed by atoms with van der Waals surface area (Å²) in [6.07, 6.45) is 3.71. The maximum Gasteiger partial charge on any atom is 0.195 e. The number of rotatable bonds is 2. The van der Waals surface area contributed by atoms with Crippen molar-refractivity contribution < 1.29 is 4.74 Å². The lowest BCUT2D eigenvalue weighted by atomic mass is 10.5. The lowest BCUT2D eigenvalue weighted by Crippen LogP contribution is -2.32. The van der Waals surface area contributed by atoms with E-state index in [2.05, 4.69) is 10.1 Å². The monoisotopic (exact) mass is 270 g/mol. The second kappa shape index (κ2) is 4.64. The Hall–Kier alpha value is -1.11. The van der Waals surface area contributed by atoms with Gasteiger partial charge in [-0.1, -0.05) is 11.6 Å². The van der Waals surface area contributed by atoms with Gasteiger partial charge in [-0.15, -0.1) is 11.3 Å². The number of halogens is 1. The highest BCUT2D eigenvalue weighted by Gasteiger charge is 2.11. The molecule has 1 aliphatic rings. The Morgan fingerprint density at radius 2 is 2.29 bits per heavy atom. The molecule has 0 unspecified atom stereocenters. The molecule has 3 rings (SSSR count). The normalized spacial score (nSPS) is 17.4. The van der Waals surface area contributed by atoms with Crippen LogP contribution in [0.1, 0.15) is 5.69 Å². The van der Waals surface area contributed by atoms with Gasteiger partial charge in [0.25, 0.3) is 0 Å². The molecule has 17 heavy (non-hydrogen) atoms. The SMILES string of the molecule is Clc1nc2sccn2c1C=NN1CCOCC1. The number of ether oxygens (including phenoxy) is 1. The number of fused-ring (bicyclic) bond motifs is 1. The lowest BCUT2D eigenvalue weighted by Gasteiger charge is -2.23. The van der Waals surface area contributed by atoms with E-state index < -0.39 is 0 Å². The summed E-state index contributed by atoms with van der Waals surface area (Å²) in [6.45, 7) is 3.09. The van der Waals surface area contributed by atoms with Crippen LogP contribution in [0, 0.1) is 0 Å². The molecule has 0 spiro atoms. The van der Waals surface area contributed by atoms with Gasteiger partial charge in [-0.3, -0.25) is 9.41 Å². The molecule has 0 aliphatic carbocycles. The zero-order chi connectivity index (χ0) is 11.7. The van der Waals surface area contributed by atoms with Crippen molar-refractivity contribution in [1.29, 1.82) is 0 Å². The Balaban J connectivity index is 1.85. The summed E-state index contributed by atoms with van der Waals surface area (Å²) < 4.78 is 7.20. The second-order valence-electron chi connectivity index (χ2n) is 3.65. The molecule has 1 fully saturated rings. The number of hydrogen-bond acceptors (Lipinski definition) is 5. The molecule has 1 saturated heterocycles. The van der Waals surface area contributed by atoms with Crippen LogP contribution >= 0.6 is 22.9 Å². The number of hydrazone groups is 1. The molecule has 2 aromatic rings. The molecule has 0 saturated carbocycles. The van der Waals surface area contributed by atoms with E-state index >= 15 is 0 Å². The van der Waals surface area contributed by atoms with Crippen LogP contribution in [0.4, 0.5) is 0 Å². The smallest absolute Gasteiger partial charge is 0.195 e. The Morgan fingerprint density at radius 1 is 1.47 bits per heavy atom. The van der Waals surface area contributed by atoms with Crippen LogP contribution in [-0.2, 0) is 4.74 Å². The predicted octanol–water partition coefficient (Wildman–Crippen LogP) is 1.72. The van der Waals surface area contributed by atoms with Gasteiger partial charge >= 0.3 is 0 Å². The number of thiazole rings is 1. The van der Waals surface area contributed by atoms with Crippen LogP contribution < -0.4 is 0 Å². The van der Waals surface area contributed by atoms with Crippen LogP contribution in [0.15, 0.2) is 16.7 Å². The van der Waals surface area contributed by atoms with Crippen molar-refractivity contribution in [1.82, 2.24) is 14.4 Å². The molecule has 0 N–H and O–H groups in total. The highest BCUT2D eigenvalue weighted by Crippen LogP contribution is 2.19. The molecular weight excluding hydrogens is 260 g/mol. The van der Waals surface area contributed by atoms with E-state index in [-0.39, 0.29) is 0 Å². The van der Waals surface area contributed by atoms with E-state index in [0.29, 0.717) is 5.15 Å². The van der Waals surface area contributed by atoms with Gasteiger partial charge in [-0.05, 0) is 0 Å². The van der Waals surface area contributed by atoms with Gasteiger partial charge in [0.15, 0.2) is 10.1 Å². The number of hydrogen-bond donors (Lipinski definition) is 0. The van der Waals surface area contributed by atoms with Crippen LogP contribution in [0.5, 0.6) is 0 Å². The van der Waals surface area contributed by atoms with Crippen LogP contribution in [0.2, 0.25) is 5.15 Å². The summed E-state index contributed by atoms with van der Waals surface area (Å²) in [7, 11) is 0. The van der Waals surface area contributed by atoms with Crippen molar-refractivity contribution in [2.45, 2.75) is 0 Å². The van der Waals surface area contributed by atoms with Crippen molar-refractivity contribution in [3.63, 3.8) is 0 Å². The average Bonchev–Trinajstić information content (AvgIpc) is 2.89. The Morgan fingerprint density at radius 3 is 3.12 bits per heavy atom. The molecule has 5 nitrogen and oxygen atoms in total. The molecule has 0 bridgehead atoms. The number of imidazole rings is 1. The van der Waals surface area contributed by atoms with Crippen LogP contribution in [0.25, 0.3) is 4.96 Å². The third kappa shape index (κ3) is 2.15. The van der Waals surface area contributed by atoms with Gasteiger partial charge in [0.1, 0.15) is 5.69 Å². The van der Waals surface area contributed by atoms with Gasteiger partial charge in [0, 0.05) is 11.6 Å². The first kappa shape index (κ1) is 11.0. The van der Waals surface area contributed by atoms with Crippen molar-refractivity contribution in [3.8, 4) is 0 Å². The molecule has 0 radical (unpaired) electrons. The van der Waals surface area contributed by atoms with Crippen LogP contribution in [-0.4, -0.2) is 46.9 Å². The van der Waals surface area contributed by atoms with E-state index in [9.17, 15) is 0 Å². The fraction of sp³-hybridized carbons (Fsp3) is 0.400. The molecule has 2 aromatic heterocycles. The molecule has 3 heterocycles. The van der Waals surface area contributed by atoms with E-state index in [1.165, 1.54) is 0 Å². The van der Waals surface area contributed by atoms with Gasteiger partial charge in [-0.2, -0.15) is 5.10 Å². The first-order valence-electron chi connectivity index (χ1n) is 5.32. The molecule has 0 aromatic carbocycles. The number of aromatic nitrogens is 2. The Kier molecular flexibility index (Phi) is 3.00. The fourth-order valence-electron chi connectivity index (χ4n) is 1.70. The van der Waals surface area contributed by atoms with Gasteiger partial charge in [0.2, 0.25) is 0 Å². The Labute approximate surface area is 107 Å². The largest absolute Gasteiger partial charge is 0.378 e. The minimum atomic E-state index is 0.494. The summed E-state index contributed by atoms with van der Waals surface area (Å²) >= 11 is 7.62. The standard InChI is InChI=1S/C10H11ClN4OS/c11-9-8(15-3-6-17-10(15)13-9)7-12-14-1-4-16-5-2-14/h3,6-7H,1-2,4-5H2. The number of nitrogens with zero attached hydrogens (tertiary/aromatic N) is 4. The highest BCUT2D eigenvalue weighted by molar-refractivity contribution is 7.15. The third-order valence-electron chi connectivity index (χ3n) is 2.58. The van der Waals surface area contributed by atoms with Gasteiger partial charge < -0.3 is 4.74 Å². The van der Waals surface area contributed by atoms with Gasteiger partial charge in [-0.25, -0.2) is 4.98 Å². The zero-order valence-corrected chi connectivity index (χ0v) is 10.6. The maximum absolute atomic E-state index is 6.07. The van der Waals surface area contributed by atoms with Crippen molar-refractivity contribution in [3.05, 3.63) is 22.4 Å². The first-order chi connectivity index (χ1) is 8.34. The topological polar surface area (TPSA) is 42.1 Å². The summed E-state index contributed by atoms with van der Waals surface area (Å²) in [5.41, 5.74) is 0.828. The van der Waals surface area contributed by atoms with Gasteiger partial charge in [0.05, 0.1) is 32.5 Å².